The van der Waals surface area contributed by atoms with E-state index in [1.165, 1.54) is 7.11 Å². The van der Waals surface area contributed by atoms with Crippen LogP contribution in [0.5, 0.6) is 5.75 Å². The fraction of sp³-hybridized carbons (Fsp3) is 0.200. The van der Waals surface area contributed by atoms with Crippen LogP contribution in [-0.4, -0.2) is 36.9 Å². The van der Waals surface area contributed by atoms with Crippen LogP contribution >= 0.6 is 11.6 Å². The van der Waals surface area contributed by atoms with Crippen LogP contribution in [0.25, 0.3) is 11.1 Å². The zero-order valence-electron chi connectivity index (χ0n) is 17.4. The molecule has 32 heavy (non-hydrogen) atoms. The monoisotopic (exact) mass is 451 g/mol. The molecule has 1 amide bonds. The summed E-state index contributed by atoms with van der Waals surface area (Å²) < 4.78 is 10.6. The Morgan fingerprint density at radius 3 is 2.22 bits per heavy atom. The molecule has 0 spiro atoms. The van der Waals surface area contributed by atoms with Crippen molar-refractivity contribution in [2.24, 2.45) is 0 Å². The summed E-state index contributed by atoms with van der Waals surface area (Å²) in [6, 6.07) is 19.8. The van der Waals surface area contributed by atoms with Gasteiger partial charge in [0.1, 0.15) is 18.4 Å². The summed E-state index contributed by atoms with van der Waals surface area (Å²) in [5.41, 5.74) is 5.07. The highest BCUT2D eigenvalue weighted by atomic mass is 35.5. The molecule has 0 heterocycles. The van der Waals surface area contributed by atoms with Crippen LogP contribution in [0.2, 0.25) is 5.02 Å². The Bertz CT molecular complexity index is 1120. The van der Waals surface area contributed by atoms with Crippen LogP contribution in [-0.2, 0) is 16.0 Å². The molecule has 164 valence electrons. The molecule has 0 saturated heterocycles. The Morgan fingerprint density at radius 2 is 1.66 bits per heavy atom. The molecule has 1 aliphatic rings. The highest BCUT2D eigenvalue weighted by Gasteiger charge is 2.29. The van der Waals surface area contributed by atoms with E-state index in [4.69, 9.17) is 21.1 Å². The van der Waals surface area contributed by atoms with Crippen LogP contribution in [0, 0.1) is 0 Å². The van der Waals surface area contributed by atoms with Crippen LogP contribution < -0.4 is 10.1 Å². The zero-order valence-corrected chi connectivity index (χ0v) is 18.1. The highest BCUT2D eigenvalue weighted by molar-refractivity contribution is 6.32. The molecule has 3 aromatic carbocycles. The van der Waals surface area contributed by atoms with E-state index in [0.29, 0.717) is 16.3 Å². The maximum absolute atomic E-state index is 12.5. The number of carboxylic acid groups (broad SMARTS) is 1. The lowest BCUT2D eigenvalue weighted by atomic mass is 9.98. The average molecular weight is 452 g/mol. The Labute approximate surface area is 190 Å². The number of benzene rings is 3. The van der Waals surface area contributed by atoms with Crippen molar-refractivity contribution in [3.63, 3.8) is 0 Å². The second-order valence-electron chi connectivity index (χ2n) is 7.53. The van der Waals surface area contributed by atoms with Crippen molar-refractivity contribution < 1.29 is 24.2 Å². The van der Waals surface area contributed by atoms with Crippen molar-refractivity contribution in [1.82, 2.24) is 5.32 Å². The van der Waals surface area contributed by atoms with Crippen LogP contribution in [0.3, 0.4) is 0 Å². The first-order valence-corrected chi connectivity index (χ1v) is 10.5. The van der Waals surface area contributed by atoms with Crippen molar-refractivity contribution in [2.75, 3.05) is 13.7 Å². The van der Waals surface area contributed by atoms with Gasteiger partial charge < -0.3 is 19.9 Å². The van der Waals surface area contributed by atoms with Gasteiger partial charge in [-0.15, -0.1) is 0 Å². The number of nitrogens with one attached hydrogen (secondary N) is 1. The number of carboxylic acids is 1. The Kier molecular flexibility index (Phi) is 6.32. The van der Waals surface area contributed by atoms with E-state index in [0.717, 1.165) is 22.3 Å². The number of methoxy groups -OCH3 is 1. The summed E-state index contributed by atoms with van der Waals surface area (Å²) in [7, 11) is 1.50. The van der Waals surface area contributed by atoms with E-state index in [1.54, 1.807) is 18.2 Å². The van der Waals surface area contributed by atoms with Gasteiger partial charge in [0.2, 0.25) is 0 Å². The molecule has 0 aliphatic heterocycles. The molecular weight excluding hydrogens is 430 g/mol. The Morgan fingerprint density at radius 1 is 1.03 bits per heavy atom. The van der Waals surface area contributed by atoms with E-state index in [9.17, 15) is 14.7 Å². The summed E-state index contributed by atoms with van der Waals surface area (Å²) >= 11 is 6.12. The third-order valence-electron chi connectivity index (χ3n) is 5.59. The topological polar surface area (TPSA) is 84.9 Å². The summed E-state index contributed by atoms with van der Waals surface area (Å²) in [5, 5.41) is 12.4. The molecule has 0 saturated carbocycles. The van der Waals surface area contributed by atoms with Crippen molar-refractivity contribution in [3.8, 4) is 16.9 Å². The zero-order chi connectivity index (χ0) is 22.7. The number of halogens is 1. The fourth-order valence-corrected chi connectivity index (χ4v) is 4.34. The first-order valence-electron chi connectivity index (χ1n) is 10.1. The number of carbonyl (C=O) groups excluding carboxylic acids is 1. The lowest BCUT2D eigenvalue weighted by Crippen LogP contribution is -2.42. The maximum atomic E-state index is 12.5. The SMILES string of the molecule is COc1ccc(C[C@@H](NC(=O)OCC2c3ccccc3-c3ccccc32)C(=O)O)cc1Cl. The molecule has 3 aromatic rings. The third-order valence-corrected chi connectivity index (χ3v) is 5.89. The maximum Gasteiger partial charge on any atom is 0.407 e. The first-order chi connectivity index (χ1) is 15.5. The van der Waals surface area contributed by atoms with Gasteiger partial charge in [0.15, 0.2) is 0 Å². The highest BCUT2D eigenvalue weighted by Crippen LogP contribution is 2.44. The minimum Gasteiger partial charge on any atom is -0.495 e. The normalized spacial score (nSPS) is 13.1. The Hall–Kier alpha value is -3.51. The predicted molar refractivity (Wildman–Crippen MR) is 121 cm³/mol. The Balaban J connectivity index is 1.42. The molecular formula is C25H22ClNO5. The van der Waals surface area contributed by atoms with Crippen molar-refractivity contribution in [1.29, 1.82) is 0 Å². The molecule has 0 unspecified atom stereocenters. The molecule has 2 N–H and O–H groups in total. The number of ether oxygens (including phenoxy) is 2. The van der Waals surface area contributed by atoms with Gasteiger partial charge in [-0.25, -0.2) is 9.59 Å². The molecule has 4 rings (SSSR count). The van der Waals surface area contributed by atoms with E-state index in [2.05, 4.69) is 17.4 Å². The minimum atomic E-state index is -1.16. The fourth-order valence-electron chi connectivity index (χ4n) is 4.05. The van der Waals surface area contributed by atoms with Gasteiger partial charge in [-0.1, -0.05) is 66.2 Å². The average Bonchev–Trinajstić information content (AvgIpc) is 3.11. The molecule has 0 fully saturated rings. The first kappa shape index (κ1) is 21.7. The van der Waals surface area contributed by atoms with Gasteiger partial charge in [-0.05, 0) is 39.9 Å². The molecule has 1 atom stereocenters. The molecule has 6 nitrogen and oxygen atoms in total. The molecule has 1 aliphatic carbocycles. The van der Waals surface area contributed by atoms with E-state index in [1.807, 2.05) is 36.4 Å². The number of rotatable bonds is 7. The van der Waals surface area contributed by atoms with Crippen molar-refractivity contribution in [2.45, 2.75) is 18.4 Å². The van der Waals surface area contributed by atoms with Gasteiger partial charge in [-0.2, -0.15) is 0 Å². The van der Waals surface area contributed by atoms with Crippen LogP contribution in [0.15, 0.2) is 66.7 Å². The number of hydrogen-bond donors (Lipinski definition) is 2. The number of aliphatic carboxylic acids is 1. The predicted octanol–water partition coefficient (Wildman–Crippen LogP) is 4.88. The van der Waals surface area contributed by atoms with E-state index >= 15 is 0 Å². The van der Waals surface area contributed by atoms with Gasteiger partial charge in [0.05, 0.1) is 12.1 Å². The lowest BCUT2D eigenvalue weighted by Gasteiger charge is -2.18. The lowest BCUT2D eigenvalue weighted by molar-refractivity contribution is -0.139. The van der Waals surface area contributed by atoms with Gasteiger partial charge in [-0.3, -0.25) is 0 Å². The van der Waals surface area contributed by atoms with E-state index in [-0.39, 0.29) is 18.9 Å². The number of amides is 1. The second kappa shape index (κ2) is 9.32. The molecule has 0 bridgehead atoms. The quantitative estimate of drug-likeness (QED) is 0.534. The number of fused-ring (bicyclic) bond motifs is 3. The summed E-state index contributed by atoms with van der Waals surface area (Å²) in [4.78, 5) is 24.2. The summed E-state index contributed by atoms with van der Waals surface area (Å²) in [6.45, 7) is 0.112. The minimum absolute atomic E-state index is 0.0588. The van der Waals surface area contributed by atoms with Gasteiger partial charge >= 0.3 is 12.1 Å². The number of hydrogen-bond acceptors (Lipinski definition) is 4. The molecule has 0 aromatic heterocycles. The number of carbonyl (C=O) groups is 2. The van der Waals surface area contributed by atoms with Gasteiger partial charge in [0.25, 0.3) is 0 Å². The third kappa shape index (κ3) is 4.41. The second-order valence-corrected chi connectivity index (χ2v) is 7.94. The van der Waals surface area contributed by atoms with Gasteiger partial charge in [0, 0.05) is 12.3 Å². The molecule has 0 radical (unpaired) electrons. The van der Waals surface area contributed by atoms with Crippen LogP contribution in [0.1, 0.15) is 22.6 Å². The van der Waals surface area contributed by atoms with Crippen molar-refractivity contribution in [3.05, 3.63) is 88.4 Å². The van der Waals surface area contributed by atoms with E-state index < -0.39 is 18.1 Å². The largest absolute Gasteiger partial charge is 0.495 e. The summed E-state index contributed by atoms with van der Waals surface area (Å²) in [6.07, 6.45) is -0.720. The van der Waals surface area contributed by atoms with Crippen LogP contribution in [0.4, 0.5) is 4.79 Å². The number of alkyl carbamates (subject to hydrolysis) is 1. The smallest absolute Gasteiger partial charge is 0.407 e. The summed E-state index contributed by atoms with van der Waals surface area (Å²) in [5.74, 6) is -0.769. The molecule has 7 heteroatoms. The standard InChI is InChI=1S/C25H22ClNO5/c1-31-23-11-10-15(12-21(23)26)13-22(24(28)29)27-25(30)32-14-20-18-8-4-2-6-16(18)17-7-3-5-9-19(17)20/h2-12,20,22H,13-14H2,1H3,(H,27,30)(H,28,29)/t22-/m1/s1. The van der Waals surface area contributed by atoms with Crippen molar-refractivity contribution >= 4 is 23.7 Å².